The third-order valence-corrected chi connectivity index (χ3v) is 4.23. The van der Waals surface area contributed by atoms with E-state index in [2.05, 4.69) is 36.4 Å². The Morgan fingerprint density at radius 1 is 1.41 bits per heavy atom. The summed E-state index contributed by atoms with van der Waals surface area (Å²) in [5.41, 5.74) is 0.439. The first-order valence-corrected chi connectivity index (χ1v) is 7.94. The fourth-order valence-electron chi connectivity index (χ4n) is 1.88. The topological polar surface area (TPSA) is 96.7 Å². The van der Waals surface area contributed by atoms with E-state index < -0.39 is 4.92 Å². The molecule has 0 amide bonds. The fourth-order valence-corrected chi connectivity index (χ4v) is 2.90. The molecule has 0 spiro atoms. The van der Waals surface area contributed by atoms with Crippen molar-refractivity contribution in [2.24, 2.45) is 0 Å². The van der Waals surface area contributed by atoms with E-state index in [9.17, 15) is 10.1 Å². The van der Waals surface area contributed by atoms with Gasteiger partial charge >= 0.3 is 0 Å². The van der Waals surface area contributed by atoms with Crippen LogP contribution in [0.25, 0.3) is 10.7 Å². The van der Waals surface area contributed by atoms with E-state index in [4.69, 9.17) is 0 Å². The number of rotatable bonds is 5. The van der Waals surface area contributed by atoms with Crippen molar-refractivity contribution in [1.82, 2.24) is 15.2 Å². The number of halogens is 1. The number of hydrogen-bond acceptors (Lipinski definition) is 6. The quantitative estimate of drug-likeness (QED) is 0.518. The molecule has 3 rings (SSSR count). The molecule has 0 aliphatic carbocycles. The van der Waals surface area contributed by atoms with Crippen LogP contribution in [0, 0.1) is 10.1 Å². The predicted octanol–water partition coefficient (Wildman–Crippen LogP) is 3.82. The van der Waals surface area contributed by atoms with Crippen LogP contribution >= 0.6 is 27.3 Å². The van der Waals surface area contributed by atoms with Crippen molar-refractivity contribution in [3.8, 4) is 10.7 Å². The summed E-state index contributed by atoms with van der Waals surface area (Å²) in [7, 11) is 0. The monoisotopic (exact) mass is 379 g/mol. The van der Waals surface area contributed by atoms with Gasteiger partial charge in [0, 0.05) is 10.5 Å². The lowest BCUT2D eigenvalue weighted by Gasteiger charge is -2.05. The first-order chi connectivity index (χ1) is 10.6. The summed E-state index contributed by atoms with van der Waals surface area (Å²) in [6, 6.07) is 8.61. The Morgan fingerprint density at radius 3 is 3.00 bits per heavy atom. The molecule has 0 atom stereocenters. The maximum Gasteiger partial charge on any atom is 0.292 e. The van der Waals surface area contributed by atoms with E-state index in [0.717, 1.165) is 9.35 Å². The molecule has 0 radical (unpaired) electrons. The molecule has 0 aliphatic rings. The number of benzene rings is 1. The van der Waals surface area contributed by atoms with Crippen LogP contribution in [0.3, 0.4) is 0 Å². The summed E-state index contributed by atoms with van der Waals surface area (Å²) in [6.45, 7) is 0.315. The lowest BCUT2D eigenvalue weighted by Crippen LogP contribution is -2.04. The molecule has 0 aliphatic heterocycles. The van der Waals surface area contributed by atoms with Gasteiger partial charge in [0.25, 0.3) is 5.69 Å². The molecule has 22 heavy (non-hydrogen) atoms. The molecule has 1 aromatic carbocycles. The molecule has 112 valence electrons. The number of anilines is 1. The summed E-state index contributed by atoms with van der Waals surface area (Å²) < 4.78 is 0.762. The van der Waals surface area contributed by atoms with Gasteiger partial charge in [-0.05, 0) is 23.6 Å². The number of thiophene rings is 1. The van der Waals surface area contributed by atoms with Crippen molar-refractivity contribution in [3.63, 3.8) is 0 Å². The summed E-state index contributed by atoms with van der Waals surface area (Å²) >= 11 is 4.86. The van der Waals surface area contributed by atoms with Crippen LogP contribution in [0.5, 0.6) is 0 Å². The van der Waals surface area contributed by atoms with Crippen LogP contribution < -0.4 is 5.32 Å². The number of nitrogens with one attached hydrogen (secondary N) is 2. The molecule has 3 aromatic rings. The maximum atomic E-state index is 11.0. The number of aromatic nitrogens is 3. The van der Waals surface area contributed by atoms with Crippen LogP contribution in [-0.2, 0) is 6.54 Å². The number of nitro groups is 1. The number of nitro benzene ring substituents is 1. The highest BCUT2D eigenvalue weighted by molar-refractivity contribution is 9.10. The zero-order valence-corrected chi connectivity index (χ0v) is 13.5. The van der Waals surface area contributed by atoms with E-state index in [1.54, 1.807) is 23.5 Å². The highest BCUT2D eigenvalue weighted by Crippen LogP contribution is 2.28. The van der Waals surface area contributed by atoms with Crippen molar-refractivity contribution in [2.75, 3.05) is 5.32 Å². The Labute approximate surface area is 137 Å². The van der Waals surface area contributed by atoms with Crippen molar-refractivity contribution in [1.29, 1.82) is 0 Å². The van der Waals surface area contributed by atoms with Gasteiger partial charge in [-0.25, -0.2) is 4.98 Å². The second kappa shape index (κ2) is 6.24. The molecule has 2 aromatic heterocycles. The van der Waals surface area contributed by atoms with Crippen LogP contribution in [-0.4, -0.2) is 20.1 Å². The van der Waals surface area contributed by atoms with E-state index in [-0.39, 0.29) is 5.69 Å². The van der Waals surface area contributed by atoms with Gasteiger partial charge in [0.15, 0.2) is 5.82 Å². The van der Waals surface area contributed by atoms with Crippen LogP contribution in [0.4, 0.5) is 11.4 Å². The van der Waals surface area contributed by atoms with Crippen molar-refractivity contribution >= 4 is 38.6 Å². The third kappa shape index (κ3) is 3.15. The largest absolute Gasteiger partial charge is 0.372 e. The van der Waals surface area contributed by atoms with Gasteiger partial charge in [-0.1, -0.05) is 22.0 Å². The zero-order chi connectivity index (χ0) is 15.5. The number of aromatic amines is 1. The molecule has 7 nitrogen and oxygen atoms in total. The average molecular weight is 380 g/mol. The van der Waals surface area contributed by atoms with Gasteiger partial charge in [-0.3, -0.25) is 15.2 Å². The Hall–Kier alpha value is -2.26. The van der Waals surface area contributed by atoms with Crippen LogP contribution in [0.15, 0.2) is 40.2 Å². The molecule has 2 heterocycles. The van der Waals surface area contributed by atoms with Gasteiger partial charge < -0.3 is 5.32 Å². The Kier molecular flexibility index (Phi) is 4.16. The van der Waals surface area contributed by atoms with Gasteiger partial charge in [-0.2, -0.15) is 5.10 Å². The summed E-state index contributed by atoms with van der Waals surface area (Å²) in [5.74, 6) is 1.23. The second-order valence-electron chi connectivity index (χ2n) is 4.36. The lowest BCUT2D eigenvalue weighted by atomic mass is 10.2. The molecule has 0 bridgehead atoms. The first kappa shape index (κ1) is 14.7. The minimum Gasteiger partial charge on any atom is -0.372 e. The van der Waals surface area contributed by atoms with Crippen LogP contribution in [0.1, 0.15) is 5.82 Å². The lowest BCUT2D eigenvalue weighted by molar-refractivity contribution is -0.384. The molecular formula is C13H10BrN5O2S. The van der Waals surface area contributed by atoms with Gasteiger partial charge in [-0.15, -0.1) is 11.3 Å². The van der Waals surface area contributed by atoms with Gasteiger partial charge in [0.1, 0.15) is 11.5 Å². The van der Waals surface area contributed by atoms with E-state index in [0.29, 0.717) is 23.9 Å². The maximum absolute atomic E-state index is 11.0. The molecule has 2 N–H and O–H groups in total. The molecular weight excluding hydrogens is 370 g/mol. The number of hydrogen-bond donors (Lipinski definition) is 2. The Morgan fingerprint density at radius 2 is 2.27 bits per heavy atom. The normalized spacial score (nSPS) is 10.6. The Balaban J connectivity index is 1.76. The highest BCUT2D eigenvalue weighted by Gasteiger charge is 2.14. The van der Waals surface area contributed by atoms with Crippen molar-refractivity contribution in [3.05, 3.63) is 56.1 Å². The number of H-pyrrole nitrogens is 1. The zero-order valence-electron chi connectivity index (χ0n) is 11.1. The molecule has 0 fully saturated rings. The third-order valence-electron chi connectivity index (χ3n) is 2.87. The first-order valence-electron chi connectivity index (χ1n) is 6.26. The number of nitrogens with zero attached hydrogens (tertiary/aromatic N) is 3. The molecule has 9 heteroatoms. The highest BCUT2D eigenvalue weighted by atomic mass is 79.9. The second-order valence-corrected chi connectivity index (χ2v) is 6.22. The smallest absolute Gasteiger partial charge is 0.292 e. The van der Waals surface area contributed by atoms with Crippen LogP contribution in [0.2, 0.25) is 0 Å². The summed E-state index contributed by atoms with van der Waals surface area (Å²) in [6.07, 6.45) is 0. The SMILES string of the molecule is O=[N+]([O-])c1ccc(Br)cc1NCc1nc(-c2cccs2)n[nH]1. The van der Waals surface area contributed by atoms with Gasteiger partial charge in [0.05, 0.1) is 16.3 Å². The molecule has 0 unspecified atom stereocenters. The van der Waals surface area contributed by atoms with E-state index >= 15 is 0 Å². The standard InChI is InChI=1S/C13H10BrN5O2S/c14-8-3-4-10(19(20)21)9(6-8)15-7-12-16-13(18-17-12)11-2-1-5-22-11/h1-6,15H,7H2,(H,16,17,18). The average Bonchev–Trinajstić information content (AvgIpc) is 3.16. The van der Waals surface area contributed by atoms with E-state index in [1.165, 1.54) is 6.07 Å². The Bertz CT molecular complexity index is 803. The molecule has 0 saturated carbocycles. The van der Waals surface area contributed by atoms with Crippen molar-refractivity contribution < 1.29 is 4.92 Å². The summed E-state index contributed by atoms with van der Waals surface area (Å²) in [4.78, 5) is 15.9. The minimum atomic E-state index is -0.424. The summed E-state index contributed by atoms with van der Waals surface area (Å²) in [5, 5.41) is 22.9. The molecule has 0 saturated heterocycles. The van der Waals surface area contributed by atoms with E-state index in [1.807, 2.05) is 17.5 Å². The fraction of sp³-hybridized carbons (Fsp3) is 0.0769. The predicted molar refractivity (Wildman–Crippen MR) is 87.8 cm³/mol. The van der Waals surface area contributed by atoms with Gasteiger partial charge in [0.2, 0.25) is 0 Å². The van der Waals surface area contributed by atoms with Crippen molar-refractivity contribution in [2.45, 2.75) is 6.54 Å². The minimum absolute atomic E-state index is 0.0150.